The van der Waals surface area contributed by atoms with E-state index in [0.29, 0.717) is 24.1 Å². The molecule has 0 bridgehead atoms. The van der Waals surface area contributed by atoms with Crippen LogP contribution in [0.3, 0.4) is 0 Å². The normalized spacial score (nSPS) is 16.2. The van der Waals surface area contributed by atoms with E-state index in [0.717, 1.165) is 22.4 Å². The van der Waals surface area contributed by atoms with Crippen molar-refractivity contribution in [2.24, 2.45) is 12.0 Å². The number of aliphatic imine (C=N–C) groups is 1. The van der Waals surface area contributed by atoms with Gasteiger partial charge in [-0.15, -0.1) is 11.3 Å². The SMILES string of the molecule is CN=C(NCc1nc(C(F)(F)F)cs1)N1CCN(c2cnn(C)c2)C(=O)C1. The van der Waals surface area contributed by atoms with Crippen LogP contribution in [0.1, 0.15) is 10.7 Å². The fourth-order valence-corrected chi connectivity index (χ4v) is 3.42. The summed E-state index contributed by atoms with van der Waals surface area (Å²) < 4.78 is 39.5. The van der Waals surface area contributed by atoms with Crippen LogP contribution in [0.15, 0.2) is 22.8 Å². The molecule has 27 heavy (non-hydrogen) atoms. The lowest BCUT2D eigenvalue weighted by molar-refractivity contribution is -0.140. The maximum absolute atomic E-state index is 12.6. The molecule has 1 aliphatic rings. The smallest absolute Gasteiger partial charge is 0.350 e. The Kier molecular flexibility index (Phi) is 5.35. The highest BCUT2D eigenvalue weighted by Gasteiger charge is 2.33. The highest BCUT2D eigenvalue weighted by Crippen LogP contribution is 2.29. The third-order valence-electron chi connectivity index (χ3n) is 3.97. The predicted molar refractivity (Wildman–Crippen MR) is 94.4 cm³/mol. The Morgan fingerprint density at radius 1 is 1.41 bits per heavy atom. The Hall–Kier alpha value is -2.63. The molecule has 1 fully saturated rings. The molecule has 1 N–H and O–H groups in total. The summed E-state index contributed by atoms with van der Waals surface area (Å²) in [6.07, 6.45) is -1.06. The van der Waals surface area contributed by atoms with Crippen molar-refractivity contribution in [2.45, 2.75) is 12.7 Å². The first-order chi connectivity index (χ1) is 12.8. The summed E-state index contributed by atoms with van der Waals surface area (Å²) in [7, 11) is 3.34. The summed E-state index contributed by atoms with van der Waals surface area (Å²) in [5.41, 5.74) is -0.174. The molecule has 0 atom stereocenters. The number of aryl methyl sites for hydroxylation is 1. The molecule has 8 nitrogen and oxygen atoms in total. The Morgan fingerprint density at radius 3 is 2.74 bits per heavy atom. The summed E-state index contributed by atoms with van der Waals surface area (Å²) >= 11 is 0.925. The van der Waals surface area contributed by atoms with Gasteiger partial charge in [0.15, 0.2) is 11.7 Å². The average molecular weight is 401 g/mol. The van der Waals surface area contributed by atoms with E-state index in [-0.39, 0.29) is 19.0 Å². The van der Waals surface area contributed by atoms with Crippen LogP contribution in [0, 0.1) is 0 Å². The lowest BCUT2D eigenvalue weighted by Crippen LogP contribution is -2.55. The number of nitrogens with one attached hydrogen (secondary N) is 1. The molecule has 1 amide bonds. The van der Waals surface area contributed by atoms with Gasteiger partial charge in [0.25, 0.3) is 0 Å². The summed E-state index contributed by atoms with van der Waals surface area (Å²) in [4.78, 5) is 23.5. The van der Waals surface area contributed by atoms with Crippen molar-refractivity contribution in [3.63, 3.8) is 0 Å². The molecule has 0 saturated carbocycles. The summed E-state index contributed by atoms with van der Waals surface area (Å²) in [5, 5.41) is 8.31. The zero-order valence-electron chi connectivity index (χ0n) is 14.7. The largest absolute Gasteiger partial charge is 0.434 e. The second-order valence-electron chi connectivity index (χ2n) is 5.86. The van der Waals surface area contributed by atoms with Crippen LogP contribution < -0.4 is 10.2 Å². The molecular formula is C15H18F3N7OS. The van der Waals surface area contributed by atoms with E-state index in [1.165, 1.54) is 0 Å². The Morgan fingerprint density at radius 2 is 2.19 bits per heavy atom. The summed E-state index contributed by atoms with van der Waals surface area (Å²) in [6, 6.07) is 0. The van der Waals surface area contributed by atoms with Gasteiger partial charge >= 0.3 is 6.18 Å². The second-order valence-corrected chi connectivity index (χ2v) is 6.81. The van der Waals surface area contributed by atoms with Crippen molar-refractivity contribution in [3.8, 4) is 0 Å². The van der Waals surface area contributed by atoms with Crippen LogP contribution in [0.2, 0.25) is 0 Å². The number of guanidine groups is 1. The van der Waals surface area contributed by atoms with E-state index in [1.54, 1.807) is 41.0 Å². The standard InChI is InChI=1S/C15H18F3N7OS/c1-19-14(20-6-12-22-11(9-27-12)15(16,17)18)24-3-4-25(13(26)8-24)10-5-21-23(2)7-10/h5,7,9H,3-4,6,8H2,1-2H3,(H,19,20). The fraction of sp³-hybridized carbons (Fsp3) is 0.467. The minimum absolute atomic E-state index is 0.102. The average Bonchev–Trinajstić information content (AvgIpc) is 3.24. The van der Waals surface area contributed by atoms with Crippen molar-refractivity contribution in [1.29, 1.82) is 0 Å². The Bertz CT molecular complexity index is 845. The maximum atomic E-state index is 12.6. The van der Waals surface area contributed by atoms with Gasteiger partial charge in [0.05, 0.1) is 18.4 Å². The first kappa shape index (κ1) is 19.1. The maximum Gasteiger partial charge on any atom is 0.434 e. The van der Waals surface area contributed by atoms with E-state index in [4.69, 9.17) is 0 Å². The molecule has 0 radical (unpaired) electrons. The molecule has 1 aliphatic heterocycles. The van der Waals surface area contributed by atoms with Gasteiger partial charge in [-0.05, 0) is 0 Å². The number of carbonyl (C=O) groups excluding carboxylic acids is 1. The number of amides is 1. The van der Waals surface area contributed by atoms with Crippen LogP contribution in [0.4, 0.5) is 18.9 Å². The van der Waals surface area contributed by atoms with E-state index in [1.807, 2.05) is 0 Å². The van der Waals surface area contributed by atoms with Crippen LogP contribution in [0.25, 0.3) is 0 Å². The van der Waals surface area contributed by atoms with Crippen LogP contribution in [-0.4, -0.2) is 58.2 Å². The quantitative estimate of drug-likeness (QED) is 0.620. The van der Waals surface area contributed by atoms with Crippen LogP contribution in [-0.2, 0) is 24.6 Å². The number of thiazole rings is 1. The Balaban J connectivity index is 1.59. The minimum atomic E-state index is -4.45. The number of alkyl halides is 3. The molecule has 1 saturated heterocycles. The molecule has 3 rings (SSSR count). The van der Waals surface area contributed by atoms with Gasteiger partial charge in [-0.1, -0.05) is 0 Å². The monoisotopic (exact) mass is 401 g/mol. The highest BCUT2D eigenvalue weighted by molar-refractivity contribution is 7.09. The molecule has 3 heterocycles. The van der Waals surface area contributed by atoms with Crippen molar-refractivity contribution in [3.05, 3.63) is 28.5 Å². The fourth-order valence-electron chi connectivity index (χ4n) is 2.68. The van der Waals surface area contributed by atoms with Gasteiger partial charge < -0.3 is 15.1 Å². The van der Waals surface area contributed by atoms with Crippen LogP contribution in [0.5, 0.6) is 0 Å². The molecule has 0 aliphatic carbocycles. The number of piperazine rings is 1. The van der Waals surface area contributed by atoms with Gasteiger partial charge in [0.1, 0.15) is 11.6 Å². The van der Waals surface area contributed by atoms with Crippen LogP contribution >= 0.6 is 11.3 Å². The lowest BCUT2D eigenvalue weighted by Gasteiger charge is -2.35. The molecule has 0 aromatic carbocycles. The van der Waals surface area contributed by atoms with E-state index < -0.39 is 11.9 Å². The van der Waals surface area contributed by atoms with Crippen molar-refractivity contribution in [1.82, 2.24) is 25.0 Å². The van der Waals surface area contributed by atoms with Gasteiger partial charge in [0, 0.05) is 38.8 Å². The third kappa shape index (κ3) is 4.38. The van der Waals surface area contributed by atoms with Crippen molar-refractivity contribution >= 4 is 28.9 Å². The molecular weight excluding hydrogens is 383 g/mol. The summed E-state index contributed by atoms with van der Waals surface area (Å²) in [6.45, 7) is 1.21. The molecule has 0 unspecified atom stereocenters. The number of hydrogen-bond donors (Lipinski definition) is 1. The molecule has 0 spiro atoms. The minimum Gasteiger partial charge on any atom is -0.350 e. The number of hydrogen-bond acceptors (Lipinski definition) is 5. The number of nitrogens with zero attached hydrogens (tertiary/aromatic N) is 6. The topological polar surface area (TPSA) is 78.7 Å². The first-order valence-electron chi connectivity index (χ1n) is 8.04. The highest BCUT2D eigenvalue weighted by atomic mass is 32.1. The first-order valence-corrected chi connectivity index (χ1v) is 8.92. The van der Waals surface area contributed by atoms with Gasteiger partial charge in [-0.25, -0.2) is 4.98 Å². The molecule has 146 valence electrons. The molecule has 2 aromatic rings. The lowest BCUT2D eigenvalue weighted by atomic mass is 10.3. The van der Waals surface area contributed by atoms with Crippen molar-refractivity contribution in [2.75, 3.05) is 31.6 Å². The third-order valence-corrected chi connectivity index (χ3v) is 4.82. The number of anilines is 1. The number of rotatable bonds is 3. The van der Waals surface area contributed by atoms with Crippen molar-refractivity contribution < 1.29 is 18.0 Å². The van der Waals surface area contributed by atoms with E-state index >= 15 is 0 Å². The Labute approximate surface area is 157 Å². The van der Waals surface area contributed by atoms with E-state index in [9.17, 15) is 18.0 Å². The predicted octanol–water partition coefficient (Wildman–Crippen LogP) is 1.32. The van der Waals surface area contributed by atoms with Gasteiger partial charge in [-0.3, -0.25) is 14.5 Å². The molecule has 2 aromatic heterocycles. The number of aromatic nitrogens is 3. The number of halogens is 3. The summed E-state index contributed by atoms with van der Waals surface area (Å²) in [5.74, 6) is 0.337. The van der Waals surface area contributed by atoms with E-state index in [2.05, 4.69) is 20.4 Å². The molecule has 12 heteroatoms. The van der Waals surface area contributed by atoms with Gasteiger partial charge in [-0.2, -0.15) is 18.3 Å². The number of carbonyl (C=O) groups is 1. The zero-order chi connectivity index (χ0) is 19.6. The second kappa shape index (κ2) is 7.55. The van der Waals surface area contributed by atoms with Gasteiger partial charge in [0.2, 0.25) is 5.91 Å². The zero-order valence-corrected chi connectivity index (χ0v) is 15.5.